The topological polar surface area (TPSA) is 44.3 Å². The Balaban J connectivity index is 3.66. The van der Waals surface area contributed by atoms with E-state index in [1.165, 1.54) is 0 Å². The van der Waals surface area contributed by atoms with Gasteiger partial charge in [0, 0.05) is 12.2 Å². The predicted molar refractivity (Wildman–Crippen MR) is 47.4 cm³/mol. The zero-order chi connectivity index (χ0) is 8.85. The molecule has 0 aromatic rings. The summed E-state index contributed by atoms with van der Waals surface area (Å²) in [6.07, 6.45) is 0. The molecule has 0 rings (SSSR count). The van der Waals surface area contributed by atoms with Crippen LogP contribution in [0.5, 0.6) is 0 Å². The van der Waals surface area contributed by atoms with Gasteiger partial charge in [0.25, 0.3) is 0 Å². The standard InChI is InChI=1S/C8H16N2O/c1-6(5-9-4)10-7(2)8(3)11/h7,9-11H,1,3,5H2,2,4H3. The fraction of sp³-hybridized carbons (Fsp3) is 0.500. The number of hydrogen-bond acceptors (Lipinski definition) is 3. The van der Waals surface area contributed by atoms with Crippen LogP contribution >= 0.6 is 0 Å². The summed E-state index contributed by atoms with van der Waals surface area (Å²) in [5.41, 5.74) is 0.843. The smallest absolute Gasteiger partial charge is 0.107 e. The summed E-state index contributed by atoms with van der Waals surface area (Å²) in [7, 11) is 1.84. The predicted octanol–water partition coefficient (Wildman–Crippen LogP) is 0.769. The van der Waals surface area contributed by atoms with E-state index in [2.05, 4.69) is 23.8 Å². The first-order valence-electron chi connectivity index (χ1n) is 3.54. The molecule has 0 bridgehead atoms. The van der Waals surface area contributed by atoms with Crippen molar-refractivity contribution in [2.75, 3.05) is 13.6 Å². The first-order valence-corrected chi connectivity index (χ1v) is 3.54. The zero-order valence-corrected chi connectivity index (χ0v) is 7.15. The van der Waals surface area contributed by atoms with Crippen LogP contribution in [0.1, 0.15) is 6.92 Å². The second-order valence-electron chi connectivity index (χ2n) is 2.49. The third kappa shape index (κ3) is 4.44. The zero-order valence-electron chi connectivity index (χ0n) is 7.15. The summed E-state index contributed by atoms with van der Waals surface area (Å²) in [5.74, 6) is 0.127. The number of likely N-dealkylation sites (N-methyl/N-ethyl adjacent to an activating group) is 1. The summed E-state index contributed by atoms with van der Waals surface area (Å²) >= 11 is 0. The summed E-state index contributed by atoms with van der Waals surface area (Å²) in [4.78, 5) is 0. The fourth-order valence-corrected chi connectivity index (χ4v) is 0.654. The molecule has 1 unspecified atom stereocenters. The van der Waals surface area contributed by atoms with Crippen molar-refractivity contribution < 1.29 is 5.11 Å². The molecule has 64 valence electrons. The van der Waals surface area contributed by atoms with Gasteiger partial charge in [-0.25, -0.2) is 0 Å². The Hall–Kier alpha value is -0.960. The Bertz CT molecular complexity index is 154. The highest BCUT2D eigenvalue weighted by Crippen LogP contribution is 1.95. The van der Waals surface area contributed by atoms with Crippen molar-refractivity contribution in [1.29, 1.82) is 0 Å². The Morgan fingerprint density at radius 3 is 2.45 bits per heavy atom. The minimum atomic E-state index is -0.129. The van der Waals surface area contributed by atoms with Crippen LogP contribution in [-0.2, 0) is 0 Å². The van der Waals surface area contributed by atoms with Gasteiger partial charge in [-0.15, -0.1) is 0 Å². The van der Waals surface area contributed by atoms with Crippen molar-refractivity contribution in [2.45, 2.75) is 13.0 Å². The van der Waals surface area contributed by atoms with E-state index in [4.69, 9.17) is 5.11 Å². The van der Waals surface area contributed by atoms with Crippen LogP contribution in [0.25, 0.3) is 0 Å². The Labute approximate surface area is 67.8 Å². The third-order valence-electron chi connectivity index (χ3n) is 1.31. The van der Waals surface area contributed by atoms with Crippen molar-refractivity contribution in [1.82, 2.24) is 10.6 Å². The van der Waals surface area contributed by atoms with E-state index in [1.54, 1.807) is 0 Å². The van der Waals surface area contributed by atoms with Gasteiger partial charge in [-0.3, -0.25) is 0 Å². The summed E-state index contributed by atoms with van der Waals surface area (Å²) in [5, 5.41) is 14.8. The highest BCUT2D eigenvalue weighted by Gasteiger charge is 2.03. The van der Waals surface area contributed by atoms with E-state index in [9.17, 15) is 0 Å². The first-order chi connectivity index (χ1) is 5.07. The molecule has 3 nitrogen and oxygen atoms in total. The van der Waals surface area contributed by atoms with Crippen LogP contribution in [0.3, 0.4) is 0 Å². The van der Waals surface area contributed by atoms with Crippen molar-refractivity contribution in [3.05, 3.63) is 24.6 Å². The van der Waals surface area contributed by atoms with Crippen LogP contribution < -0.4 is 10.6 Å². The normalized spacial score (nSPS) is 12.2. The fourth-order valence-electron chi connectivity index (χ4n) is 0.654. The molecule has 1 atom stereocenters. The van der Waals surface area contributed by atoms with E-state index in [1.807, 2.05) is 14.0 Å². The largest absolute Gasteiger partial charge is 0.511 e. The van der Waals surface area contributed by atoms with Crippen LogP contribution in [0, 0.1) is 0 Å². The van der Waals surface area contributed by atoms with Gasteiger partial charge in [0.05, 0.1) is 6.04 Å². The molecule has 0 heterocycles. The SMILES string of the molecule is C=C(CNC)NC(C)C(=C)O. The monoisotopic (exact) mass is 156 g/mol. The lowest BCUT2D eigenvalue weighted by Gasteiger charge is -2.15. The molecule has 0 aliphatic rings. The molecule has 3 heteroatoms. The second-order valence-corrected chi connectivity index (χ2v) is 2.49. The first kappa shape index (κ1) is 10.0. The number of rotatable bonds is 5. The molecule has 0 spiro atoms. The van der Waals surface area contributed by atoms with Crippen LogP contribution in [0.4, 0.5) is 0 Å². The van der Waals surface area contributed by atoms with E-state index >= 15 is 0 Å². The minimum Gasteiger partial charge on any atom is -0.511 e. The molecule has 0 aliphatic heterocycles. The van der Waals surface area contributed by atoms with E-state index in [0.717, 1.165) is 5.70 Å². The van der Waals surface area contributed by atoms with Gasteiger partial charge < -0.3 is 15.7 Å². The highest BCUT2D eigenvalue weighted by atomic mass is 16.3. The molecular weight excluding hydrogens is 140 g/mol. The van der Waals surface area contributed by atoms with Crippen LogP contribution in [-0.4, -0.2) is 24.7 Å². The van der Waals surface area contributed by atoms with Crippen molar-refractivity contribution in [3.8, 4) is 0 Å². The molecule has 0 saturated carbocycles. The van der Waals surface area contributed by atoms with Gasteiger partial charge in [-0.1, -0.05) is 13.2 Å². The molecule has 0 aromatic carbocycles. The maximum atomic E-state index is 8.92. The quantitative estimate of drug-likeness (QED) is 0.515. The Morgan fingerprint density at radius 2 is 2.09 bits per heavy atom. The molecular formula is C8H16N2O. The van der Waals surface area contributed by atoms with Crippen LogP contribution in [0.2, 0.25) is 0 Å². The molecule has 0 saturated heterocycles. The maximum absolute atomic E-state index is 8.92. The Morgan fingerprint density at radius 1 is 1.55 bits per heavy atom. The molecule has 11 heavy (non-hydrogen) atoms. The van der Waals surface area contributed by atoms with Crippen molar-refractivity contribution in [3.63, 3.8) is 0 Å². The third-order valence-corrected chi connectivity index (χ3v) is 1.31. The molecule has 3 N–H and O–H groups in total. The number of hydrogen-bond donors (Lipinski definition) is 3. The molecule has 0 fully saturated rings. The highest BCUT2D eigenvalue weighted by molar-refractivity contribution is 5.02. The number of aliphatic hydroxyl groups is 1. The van der Waals surface area contributed by atoms with Crippen molar-refractivity contribution >= 4 is 0 Å². The number of aliphatic hydroxyl groups excluding tert-OH is 1. The van der Waals surface area contributed by atoms with Gasteiger partial charge >= 0.3 is 0 Å². The molecule has 0 amide bonds. The Kier molecular flexibility index (Phi) is 4.38. The average molecular weight is 156 g/mol. The van der Waals surface area contributed by atoms with Gasteiger partial charge in [0.15, 0.2) is 0 Å². The van der Waals surface area contributed by atoms with E-state index in [-0.39, 0.29) is 11.8 Å². The summed E-state index contributed by atoms with van der Waals surface area (Å²) < 4.78 is 0. The lowest BCUT2D eigenvalue weighted by molar-refractivity contribution is 0.360. The maximum Gasteiger partial charge on any atom is 0.107 e. The summed E-state index contributed by atoms with van der Waals surface area (Å²) in [6.45, 7) is 9.66. The van der Waals surface area contributed by atoms with Crippen molar-refractivity contribution in [2.24, 2.45) is 0 Å². The van der Waals surface area contributed by atoms with Gasteiger partial charge in [0.2, 0.25) is 0 Å². The lowest BCUT2D eigenvalue weighted by Crippen LogP contribution is -2.30. The molecule has 0 radical (unpaired) electrons. The van der Waals surface area contributed by atoms with Crippen LogP contribution in [0.15, 0.2) is 24.6 Å². The van der Waals surface area contributed by atoms with E-state index < -0.39 is 0 Å². The minimum absolute atomic E-state index is 0.127. The summed E-state index contributed by atoms with van der Waals surface area (Å²) in [6, 6.07) is -0.129. The number of nitrogens with one attached hydrogen (secondary N) is 2. The lowest BCUT2D eigenvalue weighted by atomic mass is 10.3. The molecule has 0 aliphatic carbocycles. The van der Waals surface area contributed by atoms with Gasteiger partial charge in [0.1, 0.15) is 5.76 Å². The average Bonchev–Trinajstić information content (AvgIpc) is 1.87. The van der Waals surface area contributed by atoms with Gasteiger partial charge in [-0.2, -0.15) is 0 Å². The van der Waals surface area contributed by atoms with Gasteiger partial charge in [-0.05, 0) is 14.0 Å². The van der Waals surface area contributed by atoms with E-state index in [0.29, 0.717) is 6.54 Å². The second kappa shape index (κ2) is 4.79. The molecule has 0 aromatic heterocycles.